The summed E-state index contributed by atoms with van der Waals surface area (Å²) in [7, 11) is 3.86. The highest BCUT2D eigenvalue weighted by Gasteiger charge is 2.15. The summed E-state index contributed by atoms with van der Waals surface area (Å²) < 4.78 is 0. The first-order valence-electron chi connectivity index (χ1n) is 6.15. The van der Waals surface area contributed by atoms with E-state index in [0.29, 0.717) is 13.0 Å². The second kappa shape index (κ2) is 7.91. The molecule has 106 valence electrons. The number of rotatable bonds is 8. The molecule has 1 aromatic rings. The lowest BCUT2D eigenvalue weighted by molar-refractivity contribution is -0.138. The van der Waals surface area contributed by atoms with Crippen molar-refractivity contribution in [2.24, 2.45) is 0 Å². The van der Waals surface area contributed by atoms with Crippen molar-refractivity contribution in [2.75, 3.05) is 33.7 Å². The number of carbonyl (C=O) groups is 2. The zero-order valence-corrected chi connectivity index (χ0v) is 12.2. The zero-order valence-electron chi connectivity index (χ0n) is 11.3. The van der Waals surface area contributed by atoms with Gasteiger partial charge in [-0.3, -0.25) is 9.59 Å². The third-order valence-electron chi connectivity index (χ3n) is 2.67. The number of carboxylic acid groups (broad SMARTS) is 1. The van der Waals surface area contributed by atoms with Crippen LogP contribution >= 0.6 is 11.3 Å². The van der Waals surface area contributed by atoms with Gasteiger partial charge < -0.3 is 14.9 Å². The molecule has 19 heavy (non-hydrogen) atoms. The average Bonchev–Trinajstić information content (AvgIpc) is 2.80. The molecule has 6 heteroatoms. The summed E-state index contributed by atoms with van der Waals surface area (Å²) in [6.45, 7) is 1.56. The van der Waals surface area contributed by atoms with E-state index < -0.39 is 5.97 Å². The number of hydrogen-bond acceptors (Lipinski definition) is 4. The van der Waals surface area contributed by atoms with Crippen LogP contribution in [0.15, 0.2) is 17.5 Å². The third-order valence-corrected chi connectivity index (χ3v) is 3.55. The van der Waals surface area contributed by atoms with Gasteiger partial charge in [-0.05, 0) is 25.5 Å². The molecule has 0 aliphatic carbocycles. The molecule has 0 aromatic carbocycles. The maximum absolute atomic E-state index is 12.2. The quantitative estimate of drug-likeness (QED) is 0.778. The molecule has 0 radical (unpaired) electrons. The van der Waals surface area contributed by atoms with E-state index in [1.54, 1.807) is 16.2 Å². The molecule has 0 saturated heterocycles. The second-order valence-corrected chi connectivity index (χ2v) is 5.62. The lowest BCUT2D eigenvalue weighted by Crippen LogP contribution is -2.38. The van der Waals surface area contributed by atoms with Gasteiger partial charge in [0.2, 0.25) is 5.91 Å². The Balaban J connectivity index is 2.54. The molecule has 1 aromatic heterocycles. The number of thiophene rings is 1. The molecule has 1 amide bonds. The maximum Gasteiger partial charge on any atom is 0.305 e. The predicted octanol–water partition coefficient (Wildman–Crippen LogP) is 1.16. The summed E-state index contributed by atoms with van der Waals surface area (Å²) in [5, 5.41) is 10.7. The van der Waals surface area contributed by atoms with Crippen molar-refractivity contribution in [3.63, 3.8) is 0 Å². The topological polar surface area (TPSA) is 60.9 Å². The van der Waals surface area contributed by atoms with Crippen LogP contribution in [0.3, 0.4) is 0 Å². The van der Waals surface area contributed by atoms with Gasteiger partial charge in [-0.1, -0.05) is 6.07 Å². The van der Waals surface area contributed by atoms with E-state index in [2.05, 4.69) is 0 Å². The minimum atomic E-state index is -0.876. The van der Waals surface area contributed by atoms with Crippen LogP contribution < -0.4 is 0 Å². The van der Waals surface area contributed by atoms with Gasteiger partial charge in [-0.25, -0.2) is 0 Å². The molecular formula is C13H20N2O3S. The van der Waals surface area contributed by atoms with Gasteiger partial charge in [0.15, 0.2) is 0 Å². The van der Waals surface area contributed by atoms with Crippen LogP contribution in [0.1, 0.15) is 11.3 Å². The molecule has 0 atom stereocenters. The molecular weight excluding hydrogens is 264 g/mol. The first-order chi connectivity index (χ1) is 8.99. The lowest BCUT2D eigenvalue weighted by Gasteiger charge is -2.23. The van der Waals surface area contributed by atoms with Crippen molar-refractivity contribution in [1.29, 1.82) is 0 Å². The van der Waals surface area contributed by atoms with Crippen LogP contribution in [-0.4, -0.2) is 60.5 Å². The van der Waals surface area contributed by atoms with Gasteiger partial charge in [0.25, 0.3) is 0 Å². The number of nitrogens with zero attached hydrogens (tertiary/aromatic N) is 2. The van der Waals surface area contributed by atoms with E-state index >= 15 is 0 Å². The zero-order chi connectivity index (χ0) is 14.3. The fourth-order valence-corrected chi connectivity index (χ4v) is 2.28. The summed E-state index contributed by atoms with van der Waals surface area (Å²) in [6.07, 6.45) is 0.342. The van der Waals surface area contributed by atoms with Crippen LogP contribution in [0.2, 0.25) is 0 Å². The van der Waals surface area contributed by atoms with Crippen molar-refractivity contribution < 1.29 is 14.7 Å². The first kappa shape index (κ1) is 15.7. The Labute approximate surface area is 117 Å². The van der Waals surface area contributed by atoms with Crippen LogP contribution in [0, 0.1) is 0 Å². The second-order valence-electron chi connectivity index (χ2n) is 4.58. The molecule has 0 saturated carbocycles. The highest BCUT2D eigenvalue weighted by Crippen LogP contribution is 2.11. The van der Waals surface area contributed by atoms with Gasteiger partial charge in [-0.2, -0.15) is 0 Å². The summed E-state index contributed by atoms with van der Waals surface area (Å²) in [5.74, 6) is -0.885. The molecule has 0 spiro atoms. The van der Waals surface area contributed by atoms with E-state index in [1.807, 2.05) is 36.5 Å². The molecule has 0 aliphatic heterocycles. The van der Waals surface area contributed by atoms with Crippen LogP contribution in [-0.2, 0) is 16.0 Å². The Morgan fingerprint density at radius 2 is 2.00 bits per heavy atom. The third kappa shape index (κ3) is 6.35. The summed E-state index contributed by atoms with van der Waals surface area (Å²) >= 11 is 1.54. The fraction of sp³-hybridized carbons (Fsp3) is 0.538. The Morgan fingerprint density at radius 1 is 1.26 bits per heavy atom. The van der Waals surface area contributed by atoms with Gasteiger partial charge in [0.1, 0.15) is 0 Å². The Bertz CT molecular complexity index is 404. The fourth-order valence-electron chi connectivity index (χ4n) is 1.59. The van der Waals surface area contributed by atoms with Crippen LogP contribution in [0.25, 0.3) is 0 Å². The van der Waals surface area contributed by atoms with Gasteiger partial charge in [-0.15, -0.1) is 11.3 Å². The minimum absolute atomic E-state index is 0.00875. The van der Waals surface area contributed by atoms with Gasteiger partial charge >= 0.3 is 5.97 Å². The largest absolute Gasteiger partial charge is 0.481 e. The van der Waals surface area contributed by atoms with Crippen molar-refractivity contribution in [3.8, 4) is 0 Å². The highest BCUT2D eigenvalue weighted by molar-refractivity contribution is 7.10. The summed E-state index contributed by atoms with van der Waals surface area (Å²) in [6, 6.07) is 3.83. The van der Waals surface area contributed by atoms with E-state index in [1.165, 1.54) is 0 Å². The maximum atomic E-state index is 12.2. The van der Waals surface area contributed by atoms with E-state index in [9.17, 15) is 9.59 Å². The van der Waals surface area contributed by atoms with Gasteiger partial charge in [0.05, 0.1) is 12.8 Å². The molecule has 1 heterocycles. The molecule has 0 fully saturated rings. The molecule has 0 bridgehead atoms. The molecule has 0 aliphatic rings. The Kier molecular flexibility index (Phi) is 6.52. The summed E-state index contributed by atoms with van der Waals surface area (Å²) in [5.41, 5.74) is 0. The smallest absolute Gasteiger partial charge is 0.305 e. The molecule has 1 N–H and O–H groups in total. The number of carbonyl (C=O) groups excluding carboxylic acids is 1. The van der Waals surface area contributed by atoms with Crippen LogP contribution in [0.5, 0.6) is 0 Å². The van der Waals surface area contributed by atoms with Crippen molar-refractivity contribution in [1.82, 2.24) is 9.80 Å². The summed E-state index contributed by atoms with van der Waals surface area (Å²) in [4.78, 5) is 27.4. The van der Waals surface area contributed by atoms with Crippen molar-refractivity contribution in [3.05, 3.63) is 22.4 Å². The number of aliphatic carboxylic acids is 1. The average molecular weight is 284 g/mol. The number of likely N-dealkylation sites (N-methyl/N-ethyl adjacent to an activating group) is 1. The van der Waals surface area contributed by atoms with E-state index in [0.717, 1.165) is 11.4 Å². The number of hydrogen-bond donors (Lipinski definition) is 1. The van der Waals surface area contributed by atoms with Crippen LogP contribution in [0.4, 0.5) is 0 Å². The number of carboxylic acids is 1. The van der Waals surface area contributed by atoms with E-state index in [-0.39, 0.29) is 18.9 Å². The van der Waals surface area contributed by atoms with Gasteiger partial charge in [0, 0.05) is 24.5 Å². The Morgan fingerprint density at radius 3 is 2.53 bits per heavy atom. The predicted molar refractivity (Wildman–Crippen MR) is 75.4 cm³/mol. The Hall–Kier alpha value is -1.40. The molecule has 5 nitrogen and oxygen atoms in total. The standard InChI is InChI=1S/C13H20N2O3S/c1-14(2)7-8-15(6-5-13(17)18)12(16)10-11-4-3-9-19-11/h3-4,9H,5-8,10H2,1-2H3,(H,17,18). The van der Waals surface area contributed by atoms with Crippen molar-refractivity contribution >= 4 is 23.2 Å². The molecule has 1 rings (SSSR count). The normalized spacial score (nSPS) is 10.7. The highest BCUT2D eigenvalue weighted by atomic mass is 32.1. The van der Waals surface area contributed by atoms with E-state index in [4.69, 9.17) is 5.11 Å². The van der Waals surface area contributed by atoms with Crippen molar-refractivity contribution in [2.45, 2.75) is 12.8 Å². The lowest BCUT2D eigenvalue weighted by atomic mass is 10.2. The number of amides is 1. The monoisotopic (exact) mass is 284 g/mol. The first-order valence-corrected chi connectivity index (χ1v) is 7.03. The molecule has 0 unspecified atom stereocenters. The minimum Gasteiger partial charge on any atom is -0.481 e. The SMILES string of the molecule is CN(C)CCN(CCC(=O)O)C(=O)Cc1cccs1.